The van der Waals surface area contributed by atoms with Crippen molar-refractivity contribution in [3.05, 3.63) is 11.6 Å². The van der Waals surface area contributed by atoms with Crippen LogP contribution in [0.25, 0.3) is 0 Å². The molecule has 0 saturated heterocycles. The molecule has 15 heavy (non-hydrogen) atoms. The van der Waals surface area contributed by atoms with Crippen molar-refractivity contribution in [1.82, 2.24) is 5.32 Å². The van der Waals surface area contributed by atoms with Gasteiger partial charge in [0.2, 0.25) is 0 Å². The van der Waals surface area contributed by atoms with Gasteiger partial charge in [0.1, 0.15) is 0 Å². The Hall–Kier alpha value is -0.810. The third-order valence-corrected chi connectivity index (χ3v) is 3.43. The quantitative estimate of drug-likeness (QED) is 0.717. The molecule has 2 nitrogen and oxygen atoms in total. The van der Waals surface area contributed by atoms with Crippen LogP contribution in [0.3, 0.4) is 0 Å². The van der Waals surface area contributed by atoms with E-state index in [9.17, 15) is 5.26 Å². The zero-order valence-corrected chi connectivity index (χ0v) is 9.66. The van der Waals surface area contributed by atoms with Crippen LogP contribution in [0.1, 0.15) is 39.5 Å². The van der Waals surface area contributed by atoms with Crippen LogP contribution in [0.2, 0.25) is 0 Å². The first kappa shape index (κ1) is 10.7. The molecule has 0 aromatic carbocycles. The maximum Gasteiger partial charge on any atom is 0.0986 e. The topological polar surface area (TPSA) is 35.8 Å². The van der Waals surface area contributed by atoms with E-state index in [1.807, 2.05) is 0 Å². The normalized spacial score (nSPS) is 33.0. The predicted octanol–water partition coefficient (Wildman–Crippen LogP) is 2.62. The van der Waals surface area contributed by atoms with Crippen molar-refractivity contribution in [2.75, 3.05) is 0 Å². The van der Waals surface area contributed by atoms with Crippen molar-refractivity contribution >= 4 is 0 Å². The summed E-state index contributed by atoms with van der Waals surface area (Å²) in [7, 11) is 0. The van der Waals surface area contributed by atoms with Crippen molar-refractivity contribution in [2.45, 2.75) is 51.6 Å². The molecule has 2 rings (SSSR count). The number of allylic oxidation sites excluding steroid dienone is 2. The van der Waals surface area contributed by atoms with Gasteiger partial charge in [-0.25, -0.2) is 0 Å². The highest BCUT2D eigenvalue weighted by Crippen LogP contribution is 2.31. The van der Waals surface area contributed by atoms with E-state index in [4.69, 9.17) is 0 Å². The number of nitriles is 1. The van der Waals surface area contributed by atoms with Crippen molar-refractivity contribution in [3.63, 3.8) is 0 Å². The molecule has 2 aliphatic rings. The second-order valence-corrected chi connectivity index (χ2v) is 5.24. The first-order valence-electron chi connectivity index (χ1n) is 6.02. The smallest absolute Gasteiger partial charge is 0.0986 e. The lowest BCUT2D eigenvalue weighted by Gasteiger charge is -2.29. The van der Waals surface area contributed by atoms with Crippen molar-refractivity contribution in [2.24, 2.45) is 11.8 Å². The highest BCUT2D eigenvalue weighted by atomic mass is 15.0. The molecular weight excluding hydrogens is 184 g/mol. The lowest BCUT2D eigenvalue weighted by Crippen LogP contribution is -2.38. The van der Waals surface area contributed by atoms with Gasteiger partial charge in [0, 0.05) is 6.04 Å². The van der Waals surface area contributed by atoms with E-state index >= 15 is 0 Å². The molecule has 0 amide bonds. The summed E-state index contributed by atoms with van der Waals surface area (Å²) in [6.07, 6.45) is 7.13. The standard InChI is InChI=1S/C13H20N2/c1-9-5-10(2)7-11(6-9)13(8-14)15-12-3-4-12/h5,9,11-13,15H,3-4,6-7H2,1-2H3. The average molecular weight is 204 g/mol. The molecule has 0 spiro atoms. The van der Waals surface area contributed by atoms with Gasteiger partial charge in [-0.1, -0.05) is 18.6 Å². The largest absolute Gasteiger partial charge is 0.299 e. The van der Waals surface area contributed by atoms with Crippen molar-refractivity contribution in [1.29, 1.82) is 5.26 Å². The Kier molecular flexibility index (Phi) is 3.11. The van der Waals surface area contributed by atoms with Gasteiger partial charge in [0.05, 0.1) is 12.1 Å². The molecular formula is C13H20N2. The summed E-state index contributed by atoms with van der Waals surface area (Å²) in [6, 6.07) is 3.15. The van der Waals surface area contributed by atoms with Gasteiger partial charge >= 0.3 is 0 Å². The van der Waals surface area contributed by atoms with Crippen LogP contribution in [0.4, 0.5) is 0 Å². The van der Waals surface area contributed by atoms with E-state index in [0.29, 0.717) is 17.9 Å². The molecule has 0 aromatic heterocycles. The molecule has 1 saturated carbocycles. The van der Waals surface area contributed by atoms with E-state index in [2.05, 4.69) is 31.3 Å². The fourth-order valence-corrected chi connectivity index (χ4v) is 2.63. The van der Waals surface area contributed by atoms with Crippen LogP contribution in [-0.4, -0.2) is 12.1 Å². The summed E-state index contributed by atoms with van der Waals surface area (Å²) in [6.45, 7) is 4.44. The van der Waals surface area contributed by atoms with Crippen LogP contribution < -0.4 is 5.32 Å². The maximum atomic E-state index is 9.20. The summed E-state index contributed by atoms with van der Waals surface area (Å²) < 4.78 is 0. The first-order valence-corrected chi connectivity index (χ1v) is 6.02. The van der Waals surface area contributed by atoms with Gasteiger partial charge in [-0.05, 0) is 44.4 Å². The van der Waals surface area contributed by atoms with E-state index < -0.39 is 0 Å². The predicted molar refractivity (Wildman–Crippen MR) is 61.2 cm³/mol. The fraction of sp³-hybridized carbons (Fsp3) is 0.769. The van der Waals surface area contributed by atoms with E-state index in [0.717, 1.165) is 12.8 Å². The molecule has 0 aromatic rings. The molecule has 3 atom stereocenters. The molecule has 82 valence electrons. The Bertz CT molecular complexity index is 296. The third-order valence-electron chi connectivity index (χ3n) is 3.43. The average Bonchev–Trinajstić information content (AvgIpc) is 2.96. The van der Waals surface area contributed by atoms with Gasteiger partial charge in [-0.15, -0.1) is 0 Å². The van der Waals surface area contributed by atoms with Crippen molar-refractivity contribution < 1.29 is 0 Å². The highest BCUT2D eigenvalue weighted by molar-refractivity contribution is 5.11. The van der Waals surface area contributed by atoms with Gasteiger partial charge in [-0.3, -0.25) is 5.32 Å². The molecule has 0 radical (unpaired) electrons. The van der Waals surface area contributed by atoms with Gasteiger partial charge < -0.3 is 0 Å². The number of hydrogen-bond acceptors (Lipinski definition) is 2. The molecule has 0 bridgehead atoms. The Morgan fingerprint density at radius 2 is 2.27 bits per heavy atom. The molecule has 2 heteroatoms. The molecule has 0 heterocycles. The number of hydrogen-bond donors (Lipinski definition) is 1. The number of rotatable bonds is 3. The SMILES string of the molecule is CC1=CC(C)CC(C(C#N)NC2CC2)C1. The van der Waals surface area contributed by atoms with Crippen LogP contribution in [-0.2, 0) is 0 Å². The summed E-state index contributed by atoms with van der Waals surface area (Å²) >= 11 is 0. The minimum Gasteiger partial charge on any atom is -0.299 e. The fourth-order valence-electron chi connectivity index (χ4n) is 2.63. The van der Waals surface area contributed by atoms with E-state index in [-0.39, 0.29) is 6.04 Å². The van der Waals surface area contributed by atoms with Gasteiger partial charge in [0.25, 0.3) is 0 Å². The van der Waals surface area contributed by atoms with Crippen LogP contribution in [0, 0.1) is 23.2 Å². The van der Waals surface area contributed by atoms with Crippen LogP contribution >= 0.6 is 0 Å². The zero-order chi connectivity index (χ0) is 10.8. The molecule has 2 aliphatic carbocycles. The zero-order valence-electron chi connectivity index (χ0n) is 9.66. The maximum absolute atomic E-state index is 9.20. The van der Waals surface area contributed by atoms with E-state index in [1.165, 1.54) is 18.4 Å². The Labute approximate surface area is 92.4 Å². The molecule has 3 unspecified atom stereocenters. The summed E-state index contributed by atoms with van der Waals surface area (Å²) in [5.74, 6) is 1.16. The first-order chi connectivity index (χ1) is 7.19. The Morgan fingerprint density at radius 3 is 2.80 bits per heavy atom. The van der Waals surface area contributed by atoms with Crippen molar-refractivity contribution in [3.8, 4) is 6.07 Å². The second kappa shape index (κ2) is 4.37. The minimum atomic E-state index is 0.0728. The number of nitrogens with zero attached hydrogens (tertiary/aromatic N) is 1. The molecule has 1 fully saturated rings. The van der Waals surface area contributed by atoms with E-state index in [1.54, 1.807) is 0 Å². The van der Waals surface area contributed by atoms with Gasteiger partial charge in [0.15, 0.2) is 0 Å². The summed E-state index contributed by atoms with van der Waals surface area (Å²) in [4.78, 5) is 0. The molecule has 1 N–H and O–H groups in total. The number of nitrogens with one attached hydrogen (secondary N) is 1. The minimum absolute atomic E-state index is 0.0728. The van der Waals surface area contributed by atoms with Crippen LogP contribution in [0.5, 0.6) is 0 Å². The second-order valence-electron chi connectivity index (χ2n) is 5.24. The Morgan fingerprint density at radius 1 is 1.53 bits per heavy atom. The van der Waals surface area contributed by atoms with Crippen LogP contribution in [0.15, 0.2) is 11.6 Å². The lowest BCUT2D eigenvalue weighted by molar-refractivity contribution is 0.336. The lowest BCUT2D eigenvalue weighted by atomic mass is 9.80. The third kappa shape index (κ3) is 2.82. The molecule has 0 aliphatic heterocycles. The monoisotopic (exact) mass is 204 g/mol. The highest BCUT2D eigenvalue weighted by Gasteiger charge is 2.31. The summed E-state index contributed by atoms with van der Waals surface area (Å²) in [5, 5.41) is 12.7. The van der Waals surface area contributed by atoms with Gasteiger partial charge in [-0.2, -0.15) is 5.26 Å². The Balaban J connectivity index is 1.96. The summed E-state index contributed by atoms with van der Waals surface area (Å²) in [5.41, 5.74) is 1.46.